The van der Waals surface area contributed by atoms with Crippen LogP contribution < -0.4 is 0 Å². The highest BCUT2D eigenvalue weighted by Gasteiger charge is 2.50. The van der Waals surface area contributed by atoms with E-state index in [1.807, 2.05) is 25.7 Å². The van der Waals surface area contributed by atoms with Crippen LogP contribution in [0.5, 0.6) is 0 Å². The number of benzene rings is 2. The van der Waals surface area contributed by atoms with Gasteiger partial charge in [-0.05, 0) is 78.2 Å². The van der Waals surface area contributed by atoms with Crippen LogP contribution in [0, 0.1) is 0 Å². The monoisotopic (exact) mass is 582 g/mol. The lowest BCUT2D eigenvalue weighted by atomic mass is 9.70. The molecule has 0 saturated carbocycles. The van der Waals surface area contributed by atoms with E-state index in [1.165, 1.54) is 21.9 Å². The van der Waals surface area contributed by atoms with Crippen LogP contribution in [-0.4, -0.2) is 54.1 Å². The molecule has 1 saturated heterocycles. The number of ether oxygens (including phenoxy) is 1. The molecule has 3 radical (unpaired) electrons. The number of hydrogen-bond acceptors (Lipinski definition) is 4. The lowest BCUT2D eigenvalue weighted by Gasteiger charge is -2.41. The zero-order valence-corrected chi connectivity index (χ0v) is 29.2. The fourth-order valence-corrected chi connectivity index (χ4v) is 7.37. The van der Waals surface area contributed by atoms with E-state index in [0.717, 1.165) is 12.0 Å². The van der Waals surface area contributed by atoms with Crippen LogP contribution in [0.3, 0.4) is 0 Å². The van der Waals surface area contributed by atoms with Crippen molar-refractivity contribution in [1.29, 1.82) is 0 Å². The van der Waals surface area contributed by atoms with E-state index in [-0.39, 0.29) is 28.7 Å². The van der Waals surface area contributed by atoms with Crippen LogP contribution in [-0.2, 0) is 31.0 Å². The Morgan fingerprint density at radius 2 is 1.55 bits per heavy atom. The lowest BCUT2D eigenvalue weighted by Crippen LogP contribution is -2.48. The molecule has 0 spiro atoms. The average Bonchev–Trinajstić information content (AvgIpc) is 3.20. The number of likely N-dealkylation sites (tertiary alicyclic amines) is 1. The second-order valence-corrected chi connectivity index (χ2v) is 20.7. The second kappa shape index (κ2) is 11.2. The van der Waals surface area contributed by atoms with Crippen molar-refractivity contribution in [2.75, 3.05) is 6.54 Å². The van der Waals surface area contributed by atoms with Gasteiger partial charge in [-0.3, -0.25) is 0 Å². The van der Waals surface area contributed by atoms with Crippen molar-refractivity contribution in [1.82, 2.24) is 4.90 Å². The van der Waals surface area contributed by atoms with Gasteiger partial charge in [0, 0.05) is 18.0 Å². The Hall–Kier alpha value is -1.68. The fraction of sp³-hybridized carbons (Fsp3) is 0.667. The third-order valence-electron chi connectivity index (χ3n) is 8.80. The summed E-state index contributed by atoms with van der Waals surface area (Å²) in [6, 6.07) is 10.8. The third-order valence-corrected chi connectivity index (χ3v) is 13.5. The molecule has 2 atom stereocenters. The van der Waals surface area contributed by atoms with Gasteiger partial charge in [-0.25, -0.2) is 4.79 Å². The van der Waals surface area contributed by atoms with E-state index in [9.17, 15) is 4.79 Å². The van der Waals surface area contributed by atoms with E-state index in [0.29, 0.717) is 13.2 Å². The predicted molar refractivity (Wildman–Crippen MR) is 170 cm³/mol. The normalized spacial score (nSPS) is 19.4. The first-order valence-corrected chi connectivity index (χ1v) is 17.9. The van der Waals surface area contributed by atoms with Crippen LogP contribution >= 0.6 is 0 Å². The zero-order valence-electron chi connectivity index (χ0n) is 27.2. The SMILES string of the molecule is CC(C)(C)OC(=O)N1C[C@H](O[Si](C)(C)C(C)(C)C)C[C@@H]1C(C)(C)c1c(CO[Si])cc(C(C)(C)C)c2ccccc12. The van der Waals surface area contributed by atoms with Gasteiger partial charge in [0.2, 0.25) is 10.5 Å². The Bertz CT molecular complexity index is 1220. The molecule has 1 heterocycles. The van der Waals surface area contributed by atoms with E-state index < -0.39 is 19.3 Å². The molecule has 1 aliphatic rings. The molecule has 0 N–H and O–H groups in total. The number of rotatable bonds is 6. The Labute approximate surface area is 248 Å². The zero-order chi connectivity index (χ0) is 30.5. The molecule has 0 unspecified atom stereocenters. The predicted octanol–water partition coefficient (Wildman–Crippen LogP) is 8.41. The molecule has 2 aromatic rings. The average molecular weight is 583 g/mol. The maximum atomic E-state index is 13.7. The summed E-state index contributed by atoms with van der Waals surface area (Å²) < 4.78 is 18.5. The maximum absolute atomic E-state index is 13.7. The first-order chi connectivity index (χ1) is 18.1. The Kier molecular flexibility index (Phi) is 9.19. The molecule has 5 nitrogen and oxygen atoms in total. The molecule has 1 amide bonds. The quantitative estimate of drug-likeness (QED) is 0.321. The summed E-state index contributed by atoms with van der Waals surface area (Å²) in [6.45, 7) is 29.4. The molecule has 7 heteroatoms. The van der Waals surface area contributed by atoms with Crippen molar-refractivity contribution in [3.05, 3.63) is 47.0 Å². The molecule has 1 aliphatic heterocycles. The standard InChI is InChI=1S/C33H52NO4Si2/c1-30(2,3)26-18-22(21-36-39)28(25-17-15-14-16-24(25)26)33(10,11)27-19-23(38-40(12,13)32(7,8)9)20-34(27)29(35)37-31(4,5)6/h14-18,23,27H,19-21H2,1-13H3/t23-,27-/m1/s1. The summed E-state index contributed by atoms with van der Waals surface area (Å²) in [5.41, 5.74) is 2.58. The van der Waals surface area contributed by atoms with E-state index in [4.69, 9.17) is 13.6 Å². The smallest absolute Gasteiger partial charge is 0.410 e. The van der Waals surface area contributed by atoms with Gasteiger partial charge >= 0.3 is 6.09 Å². The van der Waals surface area contributed by atoms with E-state index in [1.54, 1.807) is 0 Å². The Morgan fingerprint density at radius 1 is 0.975 bits per heavy atom. The number of fused-ring (bicyclic) bond motifs is 1. The molecular weight excluding hydrogens is 531 g/mol. The minimum Gasteiger partial charge on any atom is -0.444 e. The summed E-state index contributed by atoms with van der Waals surface area (Å²) in [4.78, 5) is 15.7. The van der Waals surface area contributed by atoms with E-state index in [2.05, 4.69) is 109 Å². The van der Waals surface area contributed by atoms with Crippen molar-refractivity contribution < 1.29 is 18.4 Å². The first kappa shape index (κ1) is 32.8. The van der Waals surface area contributed by atoms with Crippen molar-refractivity contribution >= 4 is 35.7 Å². The minimum atomic E-state index is -2.05. The highest BCUT2D eigenvalue weighted by atomic mass is 28.4. The highest BCUT2D eigenvalue weighted by Crippen LogP contribution is 2.46. The number of nitrogens with zero attached hydrogens (tertiary/aromatic N) is 1. The number of carbonyl (C=O) groups excluding carboxylic acids is 1. The van der Waals surface area contributed by atoms with Gasteiger partial charge in [-0.2, -0.15) is 0 Å². The Morgan fingerprint density at radius 3 is 2.05 bits per heavy atom. The third kappa shape index (κ3) is 6.85. The first-order valence-electron chi connectivity index (χ1n) is 14.6. The molecule has 1 fully saturated rings. The van der Waals surface area contributed by atoms with Crippen molar-refractivity contribution in [3.63, 3.8) is 0 Å². The number of amides is 1. The maximum Gasteiger partial charge on any atom is 0.410 e. The minimum absolute atomic E-state index is 0.0409. The largest absolute Gasteiger partial charge is 0.444 e. The second-order valence-electron chi connectivity index (χ2n) is 15.6. The molecular formula is C33H52NO4Si2. The molecule has 3 rings (SSSR count). The van der Waals surface area contributed by atoms with Gasteiger partial charge in [-0.15, -0.1) is 0 Å². The fourth-order valence-electron chi connectivity index (χ4n) is 5.86. The van der Waals surface area contributed by atoms with Crippen molar-refractivity contribution in [2.24, 2.45) is 0 Å². The highest BCUT2D eigenvalue weighted by molar-refractivity contribution is 6.74. The number of carbonyl (C=O) groups is 1. The summed E-state index contributed by atoms with van der Waals surface area (Å²) in [7, 11) is 1.24. The van der Waals surface area contributed by atoms with Crippen LogP contribution in [0.2, 0.25) is 18.1 Å². The number of hydrogen-bond donors (Lipinski definition) is 0. The van der Waals surface area contributed by atoms with E-state index >= 15 is 0 Å². The Balaban J connectivity index is 2.20. The summed E-state index contributed by atoms with van der Waals surface area (Å²) >= 11 is 0. The van der Waals surface area contributed by atoms with Gasteiger partial charge in [0.05, 0.1) is 12.7 Å². The van der Waals surface area contributed by atoms with Crippen LogP contribution in [0.25, 0.3) is 10.8 Å². The van der Waals surface area contributed by atoms with Crippen molar-refractivity contribution in [2.45, 2.75) is 136 Å². The van der Waals surface area contributed by atoms with Crippen LogP contribution in [0.1, 0.15) is 99.3 Å². The van der Waals surface area contributed by atoms with Crippen LogP contribution in [0.4, 0.5) is 4.79 Å². The molecule has 0 aliphatic carbocycles. The lowest BCUT2D eigenvalue weighted by molar-refractivity contribution is 0.0156. The summed E-state index contributed by atoms with van der Waals surface area (Å²) in [5.74, 6) is 0. The van der Waals surface area contributed by atoms with Gasteiger partial charge < -0.3 is 18.5 Å². The summed E-state index contributed by atoms with van der Waals surface area (Å²) in [5, 5.41) is 2.53. The summed E-state index contributed by atoms with van der Waals surface area (Å²) in [6.07, 6.45) is 0.427. The van der Waals surface area contributed by atoms with Crippen LogP contribution in [0.15, 0.2) is 30.3 Å². The van der Waals surface area contributed by atoms with Gasteiger partial charge in [0.15, 0.2) is 8.32 Å². The van der Waals surface area contributed by atoms with Crippen molar-refractivity contribution in [3.8, 4) is 0 Å². The molecule has 0 aromatic heterocycles. The van der Waals surface area contributed by atoms with Gasteiger partial charge in [0.1, 0.15) is 5.60 Å². The molecule has 40 heavy (non-hydrogen) atoms. The molecule has 2 aromatic carbocycles. The molecule has 221 valence electrons. The van der Waals surface area contributed by atoms with Gasteiger partial charge in [-0.1, -0.05) is 85.7 Å². The topological polar surface area (TPSA) is 48.0 Å². The molecule has 0 bridgehead atoms. The van der Waals surface area contributed by atoms with Gasteiger partial charge in [0.25, 0.3) is 0 Å².